The number of nitrogens with two attached hydrogens (primary N) is 2. The molecule has 46 heavy (non-hydrogen) atoms. The molecule has 20 heteroatoms. The number of halogens is 8. The van der Waals surface area contributed by atoms with Crippen LogP contribution in [-0.2, 0) is 25.3 Å². The van der Waals surface area contributed by atoms with Crippen LogP contribution >= 0.6 is 0 Å². The fourth-order valence-electron chi connectivity index (χ4n) is 4.62. The molecule has 1 aliphatic heterocycles. The van der Waals surface area contributed by atoms with Crippen molar-refractivity contribution in [3.8, 4) is 0 Å². The molecule has 4 rings (SSSR count). The smallest absolute Gasteiger partial charge is 0.386 e. The summed E-state index contributed by atoms with van der Waals surface area (Å²) in [5, 5.41) is 9.53. The third-order valence-electron chi connectivity index (χ3n) is 6.63. The van der Waals surface area contributed by atoms with E-state index in [4.69, 9.17) is 11.5 Å². The zero-order valence-corrected chi connectivity index (χ0v) is 22.9. The lowest BCUT2D eigenvalue weighted by atomic mass is 9.86. The second kappa shape index (κ2) is 12.6. The van der Waals surface area contributed by atoms with Gasteiger partial charge in [-0.3, -0.25) is 19.1 Å². The highest BCUT2D eigenvalue weighted by Gasteiger charge is 2.44. The minimum absolute atomic E-state index is 0.0428. The molecule has 2 amide bonds. The highest BCUT2D eigenvalue weighted by atomic mass is 19.4. The summed E-state index contributed by atoms with van der Waals surface area (Å²) >= 11 is 0. The summed E-state index contributed by atoms with van der Waals surface area (Å²) in [5.74, 6) is -10.9. The minimum atomic E-state index is -5.65. The Balaban J connectivity index is 1.89. The Morgan fingerprint density at radius 1 is 1.07 bits per heavy atom. The second-order valence-corrected chi connectivity index (χ2v) is 9.89. The first kappa shape index (κ1) is 33.6. The molecule has 3 aromatic rings. The Bertz CT molecular complexity index is 1740. The van der Waals surface area contributed by atoms with Crippen molar-refractivity contribution in [3.05, 3.63) is 59.0 Å². The average molecular weight is 663 g/mol. The van der Waals surface area contributed by atoms with Crippen LogP contribution in [0.5, 0.6) is 0 Å². The van der Waals surface area contributed by atoms with Gasteiger partial charge in [0.25, 0.3) is 0 Å². The molecule has 2 unspecified atom stereocenters. The molecule has 0 saturated carbocycles. The van der Waals surface area contributed by atoms with Crippen LogP contribution in [0.25, 0.3) is 10.9 Å². The van der Waals surface area contributed by atoms with Gasteiger partial charge in [-0.25, -0.2) is 18.6 Å². The number of primary amides is 2. The zero-order chi connectivity index (χ0) is 34.1. The predicted octanol–water partition coefficient (Wildman–Crippen LogP) is 2.83. The number of hydrogen-bond acceptors (Lipinski definition) is 9. The van der Waals surface area contributed by atoms with E-state index in [0.29, 0.717) is 12.1 Å². The summed E-state index contributed by atoms with van der Waals surface area (Å²) in [4.78, 5) is 52.8. The Morgan fingerprint density at radius 3 is 2.33 bits per heavy atom. The van der Waals surface area contributed by atoms with E-state index in [1.807, 2.05) is 0 Å². The van der Waals surface area contributed by atoms with Crippen LogP contribution in [0.2, 0.25) is 0 Å². The molecular formula is C26H21F8N7O5. The van der Waals surface area contributed by atoms with Gasteiger partial charge in [0.1, 0.15) is 18.0 Å². The molecule has 246 valence electrons. The predicted molar refractivity (Wildman–Crippen MR) is 141 cm³/mol. The largest absolute Gasteiger partial charge is 0.491 e. The van der Waals surface area contributed by atoms with Gasteiger partial charge in [-0.15, -0.1) is 0 Å². The lowest BCUT2D eigenvalue weighted by Crippen LogP contribution is -2.41. The summed E-state index contributed by atoms with van der Waals surface area (Å²) in [7, 11) is 0. The molecule has 0 spiro atoms. The van der Waals surface area contributed by atoms with Crippen molar-refractivity contribution in [2.75, 3.05) is 18.4 Å². The highest BCUT2D eigenvalue weighted by molar-refractivity contribution is 6.07. The normalized spacial score (nSPS) is 16.6. The Hall–Kier alpha value is -5.30. The number of aliphatic imine (C=N–C) groups is 1. The average Bonchev–Trinajstić information content (AvgIpc) is 3.36. The minimum Gasteiger partial charge on any atom is -0.386 e. The Labute approximate surface area is 251 Å². The van der Waals surface area contributed by atoms with Crippen molar-refractivity contribution in [1.82, 2.24) is 15.1 Å². The summed E-state index contributed by atoms with van der Waals surface area (Å²) in [5.41, 5.74) is 8.28. The van der Waals surface area contributed by atoms with Gasteiger partial charge in [-0.05, 0) is 35.9 Å². The van der Waals surface area contributed by atoms with E-state index in [2.05, 4.69) is 25.5 Å². The van der Waals surface area contributed by atoms with E-state index in [-0.39, 0.29) is 47.3 Å². The molecule has 2 aromatic carbocycles. The van der Waals surface area contributed by atoms with Crippen LogP contribution in [0.4, 0.5) is 40.8 Å². The summed E-state index contributed by atoms with van der Waals surface area (Å²) < 4.78 is 111. The van der Waals surface area contributed by atoms with E-state index in [0.717, 1.165) is 16.9 Å². The number of benzene rings is 2. The lowest BCUT2D eigenvalue weighted by molar-refractivity contribution is -0.202. The van der Waals surface area contributed by atoms with Gasteiger partial charge in [-0.2, -0.15) is 31.4 Å². The first-order valence-corrected chi connectivity index (χ1v) is 12.8. The number of aromatic nitrogens is 2. The summed E-state index contributed by atoms with van der Waals surface area (Å²) in [6.07, 6.45) is -12.4. The first-order chi connectivity index (χ1) is 21.3. The van der Waals surface area contributed by atoms with Gasteiger partial charge in [-0.1, -0.05) is 0 Å². The standard InChI is InChI=1S/C26H21F8N7O5/c27-13-2-10(1-12(5-13)25(29,30)31)15(6-19(42)46-23(45)26(32,33)34)20(22(36)44)41-18-4-11(21(35)43)3-17(16(18)9-39-41)40-24-37-7-14(28)8-38-24/h1-5,9,14-15,20H,6-8H2,(H2,35,43)(H2,36,44)(H2,37,38,40)/t15-,20?/m0/s1. The third kappa shape index (κ3) is 7.49. The molecule has 0 fully saturated rings. The lowest BCUT2D eigenvalue weighted by Gasteiger charge is -2.26. The molecule has 12 nitrogen and oxygen atoms in total. The molecular weight excluding hydrogens is 642 g/mol. The van der Waals surface area contributed by atoms with Gasteiger partial charge >= 0.3 is 24.3 Å². The van der Waals surface area contributed by atoms with Gasteiger partial charge in [0, 0.05) is 16.9 Å². The molecule has 0 radical (unpaired) electrons. The SMILES string of the molecule is NC(=O)c1cc(NC2=NCC(F)CN2)c2cnn(C(C(N)=O)[C@@H](CC(=O)OC(=O)C(F)(F)F)c3cc(F)cc(C(F)(F)F)c3)c2c1. The fraction of sp³-hybridized carbons (Fsp3) is 0.308. The van der Waals surface area contributed by atoms with Crippen molar-refractivity contribution in [2.24, 2.45) is 16.5 Å². The highest BCUT2D eigenvalue weighted by Crippen LogP contribution is 2.39. The number of nitrogens with one attached hydrogen (secondary N) is 2. The van der Waals surface area contributed by atoms with Gasteiger partial charge < -0.3 is 26.8 Å². The quantitative estimate of drug-likeness (QED) is 0.161. The molecule has 6 N–H and O–H groups in total. The van der Waals surface area contributed by atoms with E-state index in [1.54, 1.807) is 0 Å². The van der Waals surface area contributed by atoms with Crippen molar-refractivity contribution in [1.29, 1.82) is 0 Å². The van der Waals surface area contributed by atoms with E-state index in [1.165, 1.54) is 6.07 Å². The number of nitrogens with zero attached hydrogens (tertiary/aromatic N) is 3. The number of alkyl halides is 7. The number of rotatable bonds is 8. The van der Waals surface area contributed by atoms with Crippen LogP contribution in [0.1, 0.15) is 39.9 Å². The van der Waals surface area contributed by atoms with Crippen LogP contribution in [-0.4, -0.2) is 64.9 Å². The van der Waals surface area contributed by atoms with Crippen LogP contribution in [0.3, 0.4) is 0 Å². The molecule has 2 heterocycles. The van der Waals surface area contributed by atoms with Crippen molar-refractivity contribution < 1.29 is 59.0 Å². The molecule has 1 aromatic heterocycles. The van der Waals surface area contributed by atoms with Crippen molar-refractivity contribution in [3.63, 3.8) is 0 Å². The van der Waals surface area contributed by atoms with Gasteiger partial charge in [0.05, 0.1) is 42.5 Å². The van der Waals surface area contributed by atoms with Crippen LogP contribution in [0, 0.1) is 5.82 Å². The second-order valence-electron chi connectivity index (χ2n) is 9.89. The number of hydrogen-bond donors (Lipinski definition) is 4. The number of carbonyl (C=O) groups excluding carboxylic acids is 4. The maximum atomic E-state index is 14.5. The Morgan fingerprint density at radius 2 is 1.76 bits per heavy atom. The third-order valence-corrected chi connectivity index (χ3v) is 6.63. The number of anilines is 1. The van der Waals surface area contributed by atoms with Crippen LogP contribution < -0.4 is 22.1 Å². The van der Waals surface area contributed by atoms with Crippen molar-refractivity contribution >= 4 is 46.3 Å². The summed E-state index contributed by atoms with van der Waals surface area (Å²) in [6, 6.07) is 1.09. The zero-order valence-electron chi connectivity index (χ0n) is 22.9. The van der Waals surface area contributed by atoms with Gasteiger partial charge in [0.15, 0.2) is 5.96 Å². The number of fused-ring (bicyclic) bond motifs is 1. The van der Waals surface area contributed by atoms with Crippen molar-refractivity contribution in [2.45, 2.75) is 36.9 Å². The molecule has 0 aliphatic carbocycles. The number of amides is 2. The van der Waals surface area contributed by atoms with E-state index in [9.17, 15) is 54.3 Å². The molecule has 1 aliphatic rings. The number of guanidine groups is 1. The van der Waals surface area contributed by atoms with Crippen LogP contribution in [0.15, 0.2) is 41.5 Å². The number of ether oxygens (including phenoxy) is 1. The molecule has 0 saturated heterocycles. The van der Waals surface area contributed by atoms with Gasteiger partial charge in [0.2, 0.25) is 11.8 Å². The number of esters is 2. The monoisotopic (exact) mass is 663 g/mol. The molecule has 3 atom stereocenters. The Kier molecular flexibility index (Phi) is 9.20. The topological polar surface area (TPSA) is 184 Å². The molecule has 0 bridgehead atoms. The fourth-order valence-corrected chi connectivity index (χ4v) is 4.62. The maximum Gasteiger partial charge on any atom is 0.491 e. The first-order valence-electron chi connectivity index (χ1n) is 12.8. The van der Waals surface area contributed by atoms with E-state index >= 15 is 0 Å². The number of carbonyl (C=O) groups is 4. The maximum absolute atomic E-state index is 14.5. The summed E-state index contributed by atoms with van der Waals surface area (Å²) in [6.45, 7) is -0.352. The van der Waals surface area contributed by atoms with E-state index < -0.39 is 77.6 Å².